The normalized spacial score (nSPS) is 31.8. The molecule has 1 heterocycles. The third kappa shape index (κ3) is 4.84. The predicted octanol–water partition coefficient (Wildman–Crippen LogP) is 2.86. The molecule has 0 aromatic carbocycles. The maximum absolute atomic E-state index is 11.6. The minimum Gasteiger partial charge on any atom is -0.444 e. The smallest absolute Gasteiger partial charge is 0.407 e. The first-order chi connectivity index (χ1) is 8.42. The Morgan fingerprint density at radius 3 is 2.39 bits per heavy atom. The van der Waals surface area contributed by atoms with Gasteiger partial charge < -0.3 is 14.8 Å². The summed E-state index contributed by atoms with van der Waals surface area (Å²) < 4.78 is 10.5. The van der Waals surface area contributed by atoms with E-state index in [1.807, 2.05) is 20.8 Å². The largest absolute Gasteiger partial charge is 0.444 e. The zero-order valence-electron chi connectivity index (χ0n) is 11.7. The zero-order chi connectivity index (χ0) is 13.2. The number of ether oxygens (including phenoxy) is 2. The van der Waals surface area contributed by atoms with E-state index in [-0.39, 0.29) is 12.1 Å². The number of carbonyl (C=O) groups is 1. The van der Waals surface area contributed by atoms with Gasteiger partial charge >= 0.3 is 6.09 Å². The molecule has 4 heteroatoms. The van der Waals surface area contributed by atoms with Gasteiger partial charge in [-0.1, -0.05) is 0 Å². The van der Waals surface area contributed by atoms with Crippen LogP contribution in [0.1, 0.15) is 52.9 Å². The SMILES string of the molecule is CC(C)(C)OC(=O)NC1CCC(CC2CO2)CC1. The molecule has 1 saturated carbocycles. The van der Waals surface area contributed by atoms with Crippen molar-refractivity contribution in [1.82, 2.24) is 5.32 Å². The summed E-state index contributed by atoms with van der Waals surface area (Å²) in [5.74, 6) is 0.786. The van der Waals surface area contributed by atoms with E-state index in [0.29, 0.717) is 6.10 Å². The van der Waals surface area contributed by atoms with Crippen molar-refractivity contribution < 1.29 is 14.3 Å². The van der Waals surface area contributed by atoms with Gasteiger partial charge in [0, 0.05) is 6.04 Å². The van der Waals surface area contributed by atoms with Crippen molar-refractivity contribution >= 4 is 6.09 Å². The molecule has 4 nitrogen and oxygen atoms in total. The monoisotopic (exact) mass is 255 g/mol. The van der Waals surface area contributed by atoms with Crippen LogP contribution in [-0.4, -0.2) is 30.4 Å². The Morgan fingerprint density at radius 2 is 1.89 bits per heavy atom. The van der Waals surface area contributed by atoms with Crippen LogP contribution in [-0.2, 0) is 9.47 Å². The van der Waals surface area contributed by atoms with Gasteiger partial charge in [-0.3, -0.25) is 0 Å². The van der Waals surface area contributed by atoms with Crippen LogP contribution in [0.25, 0.3) is 0 Å². The second-order valence-corrected chi connectivity index (χ2v) is 6.55. The summed E-state index contributed by atoms with van der Waals surface area (Å²) in [7, 11) is 0. The standard InChI is InChI=1S/C14H25NO3/c1-14(2,3)18-13(16)15-11-6-4-10(5-7-11)8-12-9-17-12/h10-12H,4-9H2,1-3H3,(H,15,16). The maximum Gasteiger partial charge on any atom is 0.407 e. The van der Waals surface area contributed by atoms with Crippen molar-refractivity contribution in [2.75, 3.05) is 6.61 Å². The van der Waals surface area contributed by atoms with Crippen LogP contribution >= 0.6 is 0 Å². The van der Waals surface area contributed by atoms with Gasteiger partial charge in [-0.15, -0.1) is 0 Å². The number of carbonyl (C=O) groups excluding carboxylic acids is 1. The molecule has 104 valence electrons. The molecule has 0 bridgehead atoms. The Kier molecular flexibility index (Phi) is 4.15. The third-order valence-electron chi connectivity index (χ3n) is 3.57. The lowest BCUT2D eigenvalue weighted by atomic mass is 9.83. The quantitative estimate of drug-likeness (QED) is 0.789. The highest BCUT2D eigenvalue weighted by molar-refractivity contribution is 5.68. The van der Waals surface area contributed by atoms with Crippen molar-refractivity contribution in [1.29, 1.82) is 0 Å². The van der Waals surface area contributed by atoms with E-state index in [9.17, 15) is 4.79 Å². The first-order valence-electron chi connectivity index (χ1n) is 7.03. The summed E-state index contributed by atoms with van der Waals surface area (Å²) in [4.78, 5) is 11.6. The minimum absolute atomic E-state index is 0.281. The maximum atomic E-state index is 11.6. The summed E-state index contributed by atoms with van der Waals surface area (Å²) in [6.07, 6.45) is 5.98. The number of hydrogen-bond acceptors (Lipinski definition) is 3. The molecule has 0 radical (unpaired) electrons. The Balaban J connectivity index is 1.64. The molecular weight excluding hydrogens is 230 g/mol. The lowest BCUT2D eigenvalue weighted by molar-refractivity contribution is 0.0486. The van der Waals surface area contributed by atoms with E-state index in [2.05, 4.69) is 5.32 Å². The fourth-order valence-corrected chi connectivity index (χ4v) is 2.59. The van der Waals surface area contributed by atoms with E-state index in [1.165, 1.54) is 19.3 Å². The Labute approximate surface area is 109 Å². The van der Waals surface area contributed by atoms with Crippen molar-refractivity contribution in [2.45, 2.75) is 70.6 Å². The van der Waals surface area contributed by atoms with Crippen molar-refractivity contribution in [3.8, 4) is 0 Å². The molecule has 0 spiro atoms. The van der Waals surface area contributed by atoms with Crippen LogP contribution in [0.5, 0.6) is 0 Å². The summed E-state index contributed by atoms with van der Waals surface area (Å²) in [6.45, 7) is 6.62. The first kappa shape index (κ1) is 13.7. The zero-order valence-corrected chi connectivity index (χ0v) is 11.7. The molecule has 1 aliphatic heterocycles. The lowest BCUT2D eigenvalue weighted by Crippen LogP contribution is -2.41. The van der Waals surface area contributed by atoms with Gasteiger partial charge in [0.15, 0.2) is 0 Å². The van der Waals surface area contributed by atoms with Crippen LogP contribution in [0.3, 0.4) is 0 Å². The van der Waals surface area contributed by atoms with E-state index in [0.717, 1.165) is 25.4 Å². The molecule has 2 aliphatic rings. The van der Waals surface area contributed by atoms with Gasteiger partial charge in [-0.05, 0) is 58.8 Å². The second-order valence-electron chi connectivity index (χ2n) is 6.55. The molecule has 0 aromatic heterocycles. The lowest BCUT2D eigenvalue weighted by Gasteiger charge is -2.29. The highest BCUT2D eigenvalue weighted by Gasteiger charge is 2.30. The van der Waals surface area contributed by atoms with E-state index in [4.69, 9.17) is 9.47 Å². The van der Waals surface area contributed by atoms with E-state index < -0.39 is 5.60 Å². The van der Waals surface area contributed by atoms with Crippen molar-refractivity contribution in [2.24, 2.45) is 5.92 Å². The van der Waals surface area contributed by atoms with Gasteiger partial charge in [-0.2, -0.15) is 0 Å². The molecule has 0 aromatic rings. The number of hydrogen-bond donors (Lipinski definition) is 1. The second kappa shape index (κ2) is 5.47. The predicted molar refractivity (Wildman–Crippen MR) is 69.5 cm³/mol. The van der Waals surface area contributed by atoms with Crippen LogP contribution in [0.2, 0.25) is 0 Å². The van der Waals surface area contributed by atoms with Crippen molar-refractivity contribution in [3.05, 3.63) is 0 Å². The molecule has 2 fully saturated rings. The fraction of sp³-hybridized carbons (Fsp3) is 0.929. The number of epoxide rings is 1. The number of alkyl carbamates (subject to hydrolysis) is 1. The summed E-state index contributed by atoms with van der Waals surface area (Å²) >= 11 is 0. The average molecular weight is 255 g/mol. The molecular formula is C14H25NO3. The van der Waals surface area contributed by atoms with Gasteiger partial charge in [-0.25, -0.2) is 4.79 Å². The molecule has 2 rings (SSSR count). The molecule has 1 aliphatic carbocycles. The number of nitrogens with one attached hydrogen (secondary N) is 1. The van der Waals surface area contributed by atoms with Crippen LogP contribution < -0.4 is 5.32 Å². The van der Waals surface area contributed by atoms with Gasteiger partial charge in [0.1, 0.15) is 5.60 Å². The van der Waals surface area contributed by atoms with Gasteiger partial charge in [0.25, 0.3) is 0 Å². The number of rotatable bonds is 3. The first-order valence-corrected chi connectivity index (χ1v) is 7.03. The molecule has 18 heavy (non-hydrogen) atoms. The Hall–Kier alpha value is -0.770. The van der Waals surface area contributed by atoms with Crippen LogP contribution in [0.15, 0.2) is 0 Å². The summed E-state index contributed by atoms with van der Waals surface area (Å²) in [5, 5.41) is 2.97. The van der Waals surface area contributed by atoms with Gasteiger partial charge in [0.2, 0.25) is 0 Å². The number of amides is 1. The molecule has 1 amide bonds. The Morgan fingerprint density at radius 1 is 1.28 bits per heavy atom. The molecule has 1 N–H and O–H groups in total. The summed E-state index contributed by atoms with van der Waals surface area (Å²) in [6, 6.07) is 0.288. The average Bonchev–Trinajstić information content (AvgIpc) is 3.02. The van der Waals surface area contributed by atoms with E-state index in [1.54, 1.807) is 0 Å². The topological polar surface area (TPSA) is 50.9 Å². The third-order valence-corrected chi connectivity index (χ3v) is 3.57. The molecule has 1 saturated heterocycles. The van der Waals surface area contributed by atoms with E-state index >= 15 is 0 Å². The highest BCUT2D eigenvalue weighted by atomic mass is 16.6. The van der Waals surface area contributed by atoms with Gasteiger partial charge in [0.05, 0.1) is 12.7 Å². The van der Waals surface area contributed by atoms with Crippen LogP contribution in [0.4, 0.5) is 4.79 Å². The van der Waals surface area contributed by atoms with Crippen LogP contribution in [0, 0.1) is 5.92 Å². The molecule has 1 unspecified atom stereocenters. The fourth-order valence-electron chi connectivity index (χ4n) is 2.59. The minimum atomic E-state index is -0.412. The highest BCUT2D eigenvalue weighted by Crippen LogP contribution is 2.31. The molecule has 1 atom stereocenters. The Bertz CT molecular complexity index is 286. The van der Waals surface area contributed by atoms with Crippen molar-refractivity contribution in [3.63, 3.8) is 0 Å². The summed E-state index contributed by atoms with van der Waals surface area (Å²) in [5.41, 5.74) is -0.412.